The lowest BCUT2D eigenvalue weighted by Gasteiger charge is -2.19. The van der Waals surface area contributed by atoms with E-state index in [1.807, 2.05) is 12.1 Å². The summed E-state index contributed by atoms with van der Waals surface area (Å²) in [5, 5.41) is 9.14. The average molecular weight is 288 g/mol. The van der Waals surface area contributed by atoms with Crippen molar-refractivity contribution in [2.45, 2.75) is 33.2 Å². The molecule has 0 saturated carbocycles. The molecule has 2 rings (SSSR count). The molecule has 0 fully saturated rings. The lowest BCUT2D eigenvalue weighted by molar-refractivity contribution is 0.187. The second-order valence-electron chi connectivity index (χ2n) is 5.36. The van der Waals surface area contributed by atoms with Gasteiger partial charge in [-0.1, -0.05) is 31.0 Å². The second-order valence-corrected chi connectivity index (χ2v) is 5.36. The highest BCUT2D eigenvalue weighted by molar-refractivity contribution is 5.53. The third kappa shape index (κ3) is 4.69. The van der Waals surface area contributed by atoms with Gasteiger partial charge in [-0.15, -0.1) is 0 Å². The lowest BCUT2D eigenvalue weighted by Crippen LogP contribution is -2.27. The first-order valence-electron chi connectivity index (χ1n) is 7.57. The van der Waals surface area contributed by atoms with Gasteiger partial charge < -0.3 is 9.52 Å². The van der Waals surface area contributed by atoms with E-state index in [9.17, 15) is 0 Å². The molecule has 1 N–H and O–H groups in total. The third-order valence-electron chi connectivity index (χ3n) is 3.48. The zero-order valence-electron chi connectivity index (χ0n) is 12.9. The number of unbranched alkanes of at least 4 members (excludes halogenated alkanes) is 1. The van der Waals surface area contributed by atoms with Gasteiger partial charge >= 0.3 is 0 Å². The van der Waals surface area contributed by atoms with Gasteiger partial charge in [-0.05, 0) is 32.0 Å². The summed E-state index contributed by atoms with van der Waals surface area (Å²) < 4.78 is 5.57. The molecule has 0 aliphatic carbocycles. The third-order valence-corrected chi connectivity index (χ3v) is 3.48. The minimum atomic E-state index is 0.173. The highest BCUT2D eigenvalue weighted by atomic mass is 16.3. The first kappa shape index (κ1) is 15.7. The second kappa shape index (κ2) is 7.96. The number of hydrogen-bond acceptors (Lipinski definition) is 4. The van der Waals surface area contributed by atoms with E-state index < -0.39 is 0 Å². The molecular weight excluding hydrogens is 264 g/mol. The van der Waals surface area contributed by atoms with Crippen molar-refractivity contribution < 1.29 is 9.52 Å². The summed E-state index contributed by atoms with van der Waals surface area (Å²) in [5.41, 5.74) is 3.13. The highest BCUT2D eigenvalue weighted by Gasteiger charge is 2.10. The van der Waals surface area contributed by atoms with Crippen molar-refractivity contribution in [3.63, 3.8) is 0 Å². The summed E-state index contributed by atoms with van der Waals surface area (Å²) in [6, 6.07) is 8.15. The van der Waals surface area contributed by atoms with Gasteiger partial charge in [-0.2, -0.15) is 0 Å². The maximum atomic E-state index is 9.14. The zero-order chi connectivity index (χ0) is 15.1. The molecule has 0 atom stereocenters. The molecule has 0 aliphatic rings. The van der Waals surface area contributed by atoms with Crippen LogP contribution in [-0.2, 0) is 6.54 Å². The molecule has 1 aromatic heterocycles. The minimum absolute atomic E-state index is 0.173. The summed E-state index contributed by atoms with van der Waals surface area (Å²) in [5.74, 6) is 0.657. The zero-order valence-corrected chi connectivity index (χ0v) is 12.9. The molecule has 0 aliphatic heterocycles. The number of oxazole rings is 1. The van der Waals surface area contributed by atoms with Crippen LogP contribution in [0.1, 0.15) is 31.0 Å². The van der Waals surface area contributed by atoms with Crippen LogP contribution in [0.5, 0.6) is 0 Å². The molecule has 0 radical (unpaired) electrons. The van der Waals surface area contributed by atoms with E-state index in [0.717, 1.165) is 37.2 Å². The summed E-state index contributed by atoms with van der Waals surface area (Å²) in [4.78, 5) is 6.76. The molecule has 114 valence electrons. The number of aliphatic hydroxyl groups excluding tert-OH is 1. The van der Waals surface area contributed by atoms with Gasteiger partial charge in [0.2, 0.25) is 5.89 Å². The largest absolute Gasteiger partial charge is 0.444 e. The van der Waals surface area contributed by atoms with Gasteiger partial charge in [-0.25, -0.2) is 4.98 Å². The fourth-order valence-corrected chi connectivity index (χ4v) is 2.23. The Kier molecular flexibility index (Phi) is 5.96. The number of rotatable bonds is 8. The summed E-state index contributed by atoms with van der Waals surface area (Å²) in [6.07, 6.45) is 3.99. The molecule has 1 heterocycles. The molecule has 0 spiro atoms. The Balaban J connectivity index is 2.02. The van der Waals surface area contributed by atoms with E-state index in [1.165, 1.54) is 5.56 Å². The van der Waals surface area contributed by atoms with E-state index >= 15 is 0 Å². The Labute approximate surface area is 126 Å². The molecular formula is C17H24N2O2. The average Bonchev–Trinajstić information content (AvgIpc) is 2.94. The summed E-state index contributed by atoms with van der Waals surface area (Å²) in [7, 11) is 0. The van der Waals surface area contributed by atoms with Crippen LogP contribution in [-0.4, -0.2) is 34.7 Å². The standard InChI is InChI=1S/C17H24N2O2/c1-3-4-9-19(10-11-20)12-16-13-21-17(18-16)15-7-5-14(2)6-8-15/h5-8,13,20H,3-4,9-12H2,1-2H3. The predicted octanol–water partition coefficient (Wildman–Crippen LogP) is 3.24. The molecule has 0 unspecified atom stereocenters. The quantitative estimate of drug-likeness (QED) is 0.810. The Morgan fingerprint density at radius 3 is 2.62 bits per heavy atom. The number of nitrogens with zero attached hydrogens (tertiary/aromatic N) is 2. The number of benzene rings is 1. The monoisotopic (exact) mass is 288 g/mol. The number of aliphatic hydroxyl groups is 1. The lowest BCUT2D eigenvalue weighted by atomic mass is 10.1. The highest BCUT2D eigenvalue weighted by Crippen LogP contribution is 2.19. The normalized spacial score (nSPS) is 11.2. The van der Waals surface area contributed by atoms with Gasteiger partial charge in [0.15, 0.2) is 0 Å². The Bertz CT molecular complexity index is 534. The van der Waals surface area contributed by atoms with E-state index in [1.54, 1.807) is 6.26 Å². The fourth-order valence-electron chi connectivity index (χ4n) is 2.23. The number of aromatic nitrogens is 1. The van der Waals surface area contributed by atoms with Crippen LogP contribution in [0, 0.1) is 6.92 Å². The predicted molar refractivity (Wildman–Crippen MR) is 83.9 cm³/mol. The van der Waals surface area contributed by atoms with Crippen molar-refractivity contribution in [3.05, 3.63) is 41.8 Å². The molecule has 0 amide bonds. The fraction of sp³-hybridized carbons (Fsp3) is 0.471. The van der Waals surface area contributed by atoms with Crippen LogP contribution in [0.2, 0.25) is 0 Å². The van der Waals surface area contributed by atoms with Crippen LogP contribution >= 0.6 is 0 Å². The van der Waals surface area contributed by atoms with Gasteiger partial charge in [0, 0.05) is 18.7 Å². The maximum absolute atomic E-state index is 9.14. The van der Waals surface area contributed by atoms with E-state index in [-0.39, 0.29) is 6.61 Å². The Morgan fingerprint density at radius 2 is 1.95 bits per heavy atom. The molecule has 21 heavy (non-hydrogen) atoms. The molecule has 2 aromatic rings. The van der Waals surface area contributed by atoms with E-state index in [0.29, 0.717) is 12.4 Å². The molecule has 1 aromatic carbocycles. The molecule has 4 heteroatoms. The summed E-state index contributed by atoms with van der Waals surface area (Å²) >= 11 is 0. The topological polar surface area (TPSA) is 49.5 Å². The molecule has 0 saturated heterocycles. The number of aryl methyl sites for hydroxylation is 1. The number of hydrogen-bond donors (Lipinski definition) is 1. The summed E-state index contributed by atoms with van der Waals surface area (Å²) in [6.45, 7) is 6.77. The molecule has 0 bridgehead atoms. The van der Waals surface area contributed by atoms with Crippen molar-refractivity contribution in [1.82, 2.24) is 9.88 Å². The SMILES string of the molecule is CCCCN(CCO)Cc1coc(-c2ccc(C)cc2)n1. The van der Waals surface area contributed by atoms with E-state index in [4.69, 9.17) is 9.52 Å². The van der Waals surface area contributed by atoms with Gasteiger partial charge in [0.05, 0.1) is 12.3 Å². The minimum Gasteiger partial charge on any atom is -0.444 e. The first-order chi connectivity index (χ1) is 10.2. The van der Waals surface area contributed by atoms with Crippen molar-refractivity contribution in [2.75, 3.05) is 19.7 Å². The maximum Gasteiger partial charge on any atom is 0.226 e. The van der Waals surface area contributed by atoms with Crippen molar-refractivity contribution in [1.29, 1.82) is 0 Å². The van der Waals surface area contributed by atoms with Crippen LogP contribution in [0.3, 0.4) is 0 Å². The van der Waals surface area contributed by atoms with Gasteiger partial charge in [0.25, 0.3) is 0 Å². The first-order valence-corrected chi connectivity index (χ1v) is 7.57. The van der Waals surface area contributed by atoms with Crippen molar-refractivity contribution in [2.24, 2.45) is 0 Å². The van der Waals surface area contributed by atoms with Crippen LogP contribution < -0.4 is 0 Å². The van der Waals surface area contributed by atoms with Crippen molar-refractivity contribution in [3.8, 4) is 11.5 Å². The van der Waals surface area contributed by atoms with Crippen LogP contribution in [0.4, 0.5) is 0 Å². The smallest absolute Gasteiger partial charge is 0.226 e. The molecule has 4 nitrogen and oxygen atoms in total. The van der Waals surface area contributed by atoms with Gasteiger partial charge in [0.1, 0.15) is 6.26 Å². The Hall–Kier alpha value is -1.65. The van der Waals surface area contributed by atoms with Crippen LogP contribution in [0.25, 0.3) is 11.5 Å². The Morgan fingerprint density at radius 1 is 1.19 bits per heavy atom. The van der Waals surface area contributed by atoms with E-state index in [2.05, 4.69) is 35.9 Å². The van der Waals surface area contributed by atoms with Crippen LogP contribution in [0.15, 0.2) is 34.9 Å². The van der Waals surface area contributed by atoms with Crippen molar-refractivity contribution >= 4 is 0 Å². The van der Waals surface area contributed by atoms with Gasteiger partial charge in [-0.3, -0.25) is 4.90 Å².